The van der Waals surface area contributed by atoms with E-state index in [-0.39, 0.29) is 0 Å². The lowest BCUT2D eigenvalue weighted by molar-refractivity contribution is 0.0144. The van der Waals surface area contributed by atoms with E-state index in [1.807, 2.05) is 6.08 Å². The summed E-state index contributed by atoms with van der Waals surface area (Å²) in [4.78, 5) is 0. The molecule has 0 saturated heterocycles. The Kier molecular flexibility index (Phi) is 2.22. The van der Waals surface area contributed by atoms with Crippen LogP contribution in [0.3, 0.4) is 0 Å². The molecule has 0 bridgehead atoms. The highest BCUT2D eigenvalue weighted by Crippen LogP contribution is 2.53. The largest absolute Gasteiger partial charge is 0.103 e. The molecule has 0 aliphatic heterocycles. The van der Waals surface area contributed by atoms with Gasteiger partial charge in [-0.3, -0.25) is 0 Å². The Morgan fingerprint density at radius 1 is 1.45 bits per heavy atom. The molecule has 62 valence electrons. The fourth-order valence-electron chi connectivity index (χ4n) is 2.06. The van der Waals surface area contributed by atoms with Crippen molar-refractivity contribution < 1.29 is 0 Å². The van der Waals surface area contributed by atoms with Gasteiger partial charge in [-0.05, 0) is 30.1 Å². The monoisotopic (exact) mass is 150 g/mol. The predicted octanol–water partition coefficient (Wildman–Crippen LogP) is 3.41. The third-order valence-corrected chi connectivity index (χ3v) is 3.28. The average molecular weight is 150 g/mol. The van der Waals surface area contributed by atoms with Crippen molar-refractivity contribution >= 4 is 0 Å². The molecule has 0 unspecified atom stereocenters. The van der Waals surface area contributed by atoms with Crippen LogP contribution in [0, 0.1) is 17.3 Å². The summed E-state index contributed by atoms with van der Waals surface area (Å²) in [7, 11) is 0. The molecule has 0 radical (unpaired) electrons. The minimum atomic E-state index is 0.468. The molecule has 1 rings (SSSR count). The van der Waals surface area contributed by atoms with E-state index in [2.05, 4.69) is 33.1 Å². The first kappa shape index (κ1) is 8.58. The molecule has 0 N–H and O–H groups in total. The van der Waals surface area contributed by atoms with Gasteiger partial charge in [-0.15, -0.1) is 13.2 Å². The number of hydrogen-bond acceptors (Lipinski definition) is 0. The van der Waals surface area contributed by atoms with E-state index in [9.17, 15) is 0 Å². The predicted molar refractivity (Wildman–Crippen MR) is 50.4 cm³/mol. The Bertz CT molecular complexity index is 165. The van der Waals surface area contributed by atoms with Crippen LogP contribution in [0.1, 0.15) is 26.7 Å². The zero-order chi connectivity index (χ0) is 8.48. The van der Waals surface area contributed by atoms with Gasteiger partial charge in [-0.1, -0.05) is 26.0 Å². The van der Waals surface area contributed by atoms with Crippen molar-refractivity contribution in [2.75, 3.05) is 0 Å². The second-order valence-electron chi connectivity index (χ2n) is 4.12. The lowest BCUT2D eigenvalue weighted by atomic mass is 9.54. The van der Waals surface area contributed by atoms with Gasteiger partial charge in [0.05, 0.1) is 0 Å². The number of rotatable bonds is 3. The molecule has 2 atom stereocenters. The van der Waals surface area contributed by atoms with Gasteiger partial charge in [0.2, 0.25) is 0 Å². The summed E-state index contributed by atoms with van der Waals surface area (Å²) < 4.78 is 0. The summed E-state index contributed by atoms with van der Waals surface area (Å²) in [6, 6.07) is 0. The molecule has 0 aromatic rings. The number of allylic oxidation sites excluding steroid dienone is 2. The molecule has 0 aromatic heterocycles. The minimum Gasteiger partial charge on any atom is -0.103 e. The van der Waals surface area contributed by atoms with Crippen LogP contribution >= 0.6 is 0 Å². The van der Waals surface area contributed by atoms with Gasteiger partial charge in [0, 0.05) is 0 Å². The Morgan fingerprint density at radius 2 is 2.09 bits per heavy atom. The zero-order valence-corrected chi connectivity index (χ0v) is 7.64. The highest BCUT2D eigenvalue weighted by Gasteiger charge is 2.44. The van der Waals surface area contributed by atoms with Crippen LogP contribution < -0.4 is 0 Å². The molecule has 0 aromatic carbocycles. The quantitative estimate of drug-likeness (QED) is 0.541. The second kappa shape index (κ2) is 2.84. The van der Waals surface area contributed by atoms with Gasteiger partial charge in [0.15, 0.2) is 0 Å². The minimum absolute atomic E-state index is 0.468. The molecule has 11 heavy (non-hydrogen) atoms. The van der Waals surface area contributed by atoms with E-state index in [1.165, 1.54) is 6.42 Å². The van der Waals surface area contributed by atoms with E-state index in [1.54, 1.807) is 0 Å². The lowest BCUT2D eigenvalue weighted by Gasteiger charge is -2.51. The van der Waals surface area contributed by atoms with Gasteiger partial charge in [0.25, 0.3) is 0 Å². The van der Waals surface area contributed by atoms with Crippen molar-refractivity contribution in [1.29, 1.82) is 0 Å². The standard InChI is InChI=1S/C11H18/c1-5-7-10-8-9(6-2)11(10,3)4/h5-6,9-10H,1-2,7-8H2,3-4H3/t9-,10+/m1/s1. The van der Waals surface area contributed by atoms with E-state index >= 15 is 0 Å². The van der Waals surface area contributed by atoms with Crippen molar-refractivity contribution in [2.24, 2.45) is 17.3 Å². The molecule has 0 heterocycles. The van der Waals surface area contributed by atoms with Crippen LogP contribution in [0.5, 0.6) is 0 Å². The van der Waals surface area contributed by atoms with Crippen LogP contribution in [0.2, 0.25) is 0 Å². The fourth-order valence-corrected chi connectivity index (χ4v) is 2.06. The van der Waals surface area contributed by atoms with Crippen LogP contribution in [0.4, 0.5) is 0 Å². The molecule has 1 aliphatic rings. The topological polar surface area (TPSA) is 0 Å². The van der Waals surface area contributed by atoms with Crippen molar-refractivity contribution in [3.63, 3.8) is 0 Å². The summed E-state index contributed by atoms with van der Waals surface area (Å²) in [5.41, 5.74) is 0.468. The lowest BCUT2D eigenvalue weighted by Crippen LogP contribution is -2.43. The summed E-state index contributed by atoms with van der Waals surface area (Å²) >= 11 is 0. The maximum absolute atomic E-state index is 3.85. The van der Waals surface area contributed by atoms with Gasteiger partial charge < -0.3 is 0 Å². The average Bonchev–Trinajstić information content (AvgIpc) is 1.97. The van der Waals surface area contributed by atoms with Crippen molar-refractivity contribution in [3.05, 3.63) is 25.3 Å². The van der Waals surface area contributed by atoms with Gasteiger partial charge in [0.1, 0.15) is 0 Å². The molecule has 0 nitrogen and oxygen atoms in total. The zero-order valence-electron chi connectivity index (χ0n) is 7.64. The van der Waals surface area contributed by atoms with E-state index in [0.29, 0.717) is 5.41 Å². The molecule has 0 amide bonds. The smallest absolute Gasteiger partial charge is 0.0179 e. The van der Waals surface area contributed by atoms with Crippen LogP contribution in [0.15, 0.2) is 25.3 Å². The summed E-state index contributed by atoms with van der Waals surface area (Å²) in [6.45, 7) is 12.3. The maximum Gasteiger partial charge on any atom is -0.0179 e. The van der Waals surface area contributed by atoms with E-state index in [4.69, 9.17) is 0 Å². The van der Waals surface area contributed by atoms with Gasteiger partial charge in [-0.25, -0.2) is 0 Å². The molecule has 1 fully saturated rings. The SMILES string of the molecule is C=CC[C@H]1C[C@@H](C=C)C1(C)C. The molecular weight excluding hydrogens is 132 g/mol. The highest BCUT2D eigenvalue weighted by molar-refractivity contribution is 5.05. The third kappa shape index (κ3) is 1.26. The summed E-state index contributed by atoms with van der Waals surface area (Å²) in [5.74, 6) is 1.57. The molecule has 0 spiro atoms. The van der Waals surface area contributed by atoms with Crippen molar-refractivity contribution in [1.82, 2.24) is 0 Å². The van der Waals surface area contributed by atoms with Gasteiger partial charge in [-0.2, -0.15) is 0 Å². The Labute approximate surface area is 70.0 Å². The fraction of sp³-hybridized carbons (Fsp3) is 0.636. The first-order valence-electron chi connectivity index (χ1n) is 4.36. The summed E-state index contributed by atoms with van der Waals surface area (Å²) in [6.07, 6.45) is 6.60. The Morgan fingerprint density at radius 3 is 2.45 bits per heavy atom. The normalized spacial score (nSPS) is 34.0. The van der Waals surface area contributed by atoms with Crippen LogP contribution in [-0.2, 0) is 0 Å². The van der Waals surface area contributed by atoms with E-state index < -0.39 is 0 Å². The van der Waals surface area contributed by atoms with Crippen molar-refractivity contribution in [3.8, 4) is 0 Å². The van der Waals surface area contributed by atoms with Crippen LogP contribution in [0.25, 0.3) is 0 Å². The Balaban J connectivity index is 2.52. The van der Waals surface area contributed by atoms with E-state index in [0.717, 1.165) is 18.3 Å². The second-order valence-corrected chi connectivity index (χ2v) is 4.12. The molecular formula is C11H18. The van der Waals surface area contributed by atoms with Gasteiger partial charge >= 0.3 is 0 Å². The van der Waals surface area contributed by atoms with Crippen LogP contribution in [-0.4, -0.2) is 0 Å². The first-order chi connectivity index (χ1) is 5.12. The van der Waals surface area contributed by atoms with Crippen molar-refractivity contribution in [2.45, 2.75) is 26.7 Å². The number of hydrogen-bond donors (Lipinski definition) is 0. The summed E-state index contributed by atoms with van der Waals surface area (Å²) in [5, 5.41) is 0. The Hall–Kier alpha value is -0.520. The first-order valence-corrected chi connectivity index (χ1v) is 4.36. The molecule has 0 heteroatoms. The molecule has 1 aliphatic carbocycles. The molecule has 1 saturated carbocycles. The highest BCUT2D eigenvalue weighted by atomic mass is 14.5. The third-order valence-electron chi connectivity index (χ3n) is 3.28. The maximum atomic E-state index is 3.85.